The first-order valence-corrected chi connectivity index (χ1v) is 11.2. The first kappa shape index (κ1) is 33.5. The molecule has 1 rings (SSSR count). The number of halogens is 6. The molecule has 0 radical (unpaired) electrons. The summed E-state index contributed by atoms with van der Waals surface area (Å²) in [6.07, 6.45) is 0. The minimum atomic E-state index is -6.47. The fourth-order valence-electron chi connectivity index (χ4n) is 1.38. The number of ether oxygens (including phenoxy) is 5. The van der Waals surface area contributed by atoms with E-state index in [2.05, 4.69) is 0 Å². The van der Waals surface area contributed by atoms with Crippen molar-refractivity contribution in [2.45, 2.75) is 11.0 Å². The maximum absolute atomic E-state index is 11.5. The van der Waals surface area contributed by atoms with Gasteiger partial charge in [0.05, 0.1) is 66.1 Å². The zero-order valence-electron chi connectivity index (χ0n) is 16.4. The second-order valence-electron chi connectivity index (χ2n) is 5.14. The second kappa shape index (κ2) is 16.0. The number of hydrogen-bond donors (Lipinski definition) is 0. The normalized spacial score (nSPS) is 19.0. The van der Waals surface area contributed by atoms with Crippen molar-refractivity contribution in [2.24, 2.45) is 0 Å². The summed E-state index contributed by atoms with van der Waals surface area (Å²) in [5, 5.41) is -1.76. The fourth-order valence-corrected chi connectivity index (χ4v) is 3.58. The Morgan fingerprint density at radius 3 is 0.774 bits per heavy atom. The van der Waals surface area contributed by atoms with E-state index in [4.69, 9.17) is 23.7 Å². The van der Waals surface area contributed by atoms with Crippen LogP contribution < -0.4 is 29.6 Å². The third-order valence-electron chi connectivity index (χ3n) is 2.76. The molecule has 9 nitrogen and oxygen atoms in total. The minimum absolute atomic E-state index is 0. The van der Waals surface area contributed by atoms with E-state index in [0.717, 1.165) is 0 Å². The van der Waals surface area contributed by atoms with Gasteiger partial charge in [-0.15, -0.1) is 0 Å². The van der Waals surface area contributed by atoms with Crippen LogP contribution in [0.25, 0.3) is 0 Å². The summed E-state index contributed by atoms with van der Waals surface area (Å²) in [4.78, 5) is 0. The van der Waals surface area contributed by atoms with E-state index < -0.39 is 35.8 Å². The zero-order valence-corrected chi connectivity index (χ0v) is 20.0. The van der Waals surface area contributed by atoms with Crippen LogP contribution in [0.5, 0.6) is 0 Å². The van der Waals surface area contributed by atoms with Crippen LogP contribution >= 0.6 is 0 Å². The van der Waals surface area contributed by atoms with Crippen molar-refractivity contribution in [2.75, 3.05) is 66.1 Å². The van der Waals surface area contributed by atoms with E-state index in [1.165, 1.54) is 0 Å². The van der Waals surface area contributed by atoms with E-state index in [9.17, 15) is 43.2 Å². The van der Waals surface area contributed by atoms with Crippen molar-refractivity contribution >= 4 is 19.7 Å². The Morgan fingerprint density at radius 2 is 0.645 bits per heavy atom. The van der Waals surface area contributed by atoms with Crippen LogP contribution in [0.2, 0.25) is 0 Å². The molecule has 0 aromatic rings. The van der Waals surface area contributed by atoms with Gasteiger partial charge >= 0.3 is 40.6 Å². The first-order chi connectivity index (χ1) is 13.7. The molecule has 0 saturated carbocycles. The van der Waals surface area contributed by atoms with E-state index in [-0.39, 0.29) is 29.6 Å². The average Bonchev–Trinajstić information content (AvgIpc) is 2.58. The Bertz CT molecular complexity index is 567. The summed E-state index contributed by atoms with van der Waals surface area (Å²) in [6, 6.07) is 0. The van der Waals surface area contributed by atoms with E-state index in [1.54, 1.807) is 0 Å². The summed E-state index contributed by atoms with van der Waals surface area (Å²) in [5.41, 5.74) is -12.2. The van der Waals surface area contributed by atoms with Crippen LogP contribution in [0.4, 0.5) is 26.3 Å². The van der Waals surface area contributed by atoms with E-state index in [1.807, 2.05) is 0 Å². The van der Waals surface area contributed by atoms with Crippen molar-refractivity contribution < 1.29 is 96.4 Å². The molecule has 18 heteroatoms. The largest absolute Gasteiger partial charge is 1.00 e. The monoisotopic (exact) mass is 522 g/mol. The molecule has 31 heavy (non-hydrogen) atoms. The maximum atomic E-state index is 11.5. The van der Waals surface area contributed by atoms with Crippen LogP contribution in [-0.2, 0) is 43.4 Å². The van der Waals surface area contributed by atoms with Gasteiger partial charge in [-0.1, -0.05) is 5.08 Å². The van der Waals surface area contributed by atoms with Crippen molar-refractivity contribution in [1.82, 2.24) is 0 Å². The van der Waals surface area contributed by atoms with Crippen molar-refractivity contribution in [1.29, 1.82) is 0 Å². The van der Waals surface area contributed by atoms with Gasteiger partial charge in [0, 0.05) is 0 Å². The molecular weight excluding hydrogens is 501 g/mol. The summed E-state index contributed by atoms with van der Waals surface area (Å²) >= 11 is 0. The molecule has 0 aliphatic carbocycles. The molecule has 0 spiro atoms. The average molecular weight is 522 g/mol. The standard InChI is InChI=1S/C10H20O5.C3HF6O4S2.Na/c1-2-12-5-6-14-9-10-15-8-7-13-4-3-11-1;4-2(5,6)14(10,11)1-15(12,13)3(7,8)9;/h1-10H2;1H;/q;-1;+1. The van der Waals surface area contributed by atoms with Gasteiger partial charge in [0.15, 0.2) is 0 Å². The Labute approximate surface area is 197 Å². The molecule has 1 aliphatic heterocycles. The zero-order chi connectivity index (χ0) is 23.3. The predicted molar refractivity (Wildman–Crippen MR) is 88.3 cm³/mol. The van der Waals surface area contributed by atoms with Crippen molar-refractivity contribution in [3.05, 3.63) is 5.08 Å². The smallest absolute Gasteiger partial charge is 0.377 e. The Balaban J connectivity index is 0. The van der Waals surface area contributed by atoms with E-state index >= 15 is 0 Å². The number of sulfone groups is 2. The molecule has 0 N–H and O–H groups in total. The summed E-state index contributed by atoms with van der Waals surface area (Å²) in [5.74, 6) is 0. The minimum Gasteiger partial charge on any atom is -0.377 e. The molecule has 0 aromatic carbocycles. The second-order valence-corrected chi connectivity index (χ2v) is 9.02. The van der Waals surface area contributed by atoms with Crippen LogP contribution in [0.15, 0.2) is 0 Å². The van der Waals surface area contributed by atoms with Gasteiger partial charge in [-0.3, -0.25) is 16.8 Å². The molecular formula is C13H21F6NaO9S2. The number of hydrogen-bond acceptors (Lipinski definition) is 9. The van der Waals surface area contributed by atoms with Crippen LogP contribution in [-0.4, -0.2) is 93.9 Å². The molecule has 1 saturated heterocycles. The van der Waals surface area contributed by atoms with Gasteiger partial charge in [-0.25, -0.2) is 0 Å². The van der Waals surface area contributed by atoms with Crippen LogP contribution in [0.3, 0.4) is 0 Å². The molecule has 0 bridgehead atoms. The summed E-state index contributed by atoms with van der Waals surface area (Å²) in [6.45, 7) is 6.11. The van der Waals surface area contributed by atoms with Crippen molar-refractivity contribution in [3.63, 3.8) is 0 Å². The van der Waals surface area contributed by atoms with Crippen LogP contribution in [0.1, 0.15) is 0 Å². The van der Waals surface area contributed by atoms with Gasteiger partial charge in [0.1, 0.15) is 19.7 Å². The Hall–Kier alpha value is 0.280. The predicted octanol–water partition coefficient (Wildman–Crippen LogP) is -1.94. The molecule has 1 aliphatic rings. The van der Waals surface area contributed by atoms with E-state index in [0.29, 0.717) is 66.1 Å². The topological polar surface area (TPSA) is 114 Å². The molecule has 1 heterocycles. The molecule has 0 aromatic heterocycles. The van der Waals surface area contributed by atoms with Crippen LogP contribution in [0, 0.1) is 5.08 Å². The van der Waals surface area contributed by atoms with Crippen molar-refractivity contribution in [3.8, 4) is 0 Å². The van der Waals surface area contributed by atoms with Gasteiger partial charge in [0.2, 0.25) is 0 Å². The summed E-state index contributed by atoms with van der Waals surface area (Å²) < 4.78 is 136. The first-order valence-electron chi connectivity index (χ1n) is 8.07. The Morgan fingerprint density at radius 1 is 0.484 bits per heavy atom. The fraction of sp³-hybridized carbons (Fsp3) is 0.923. The molecule has 0 amide bonds. The molecule has 0 atom stereocenters. The number of alkyl halides is 6. The van der Waals surface area contributed by atoms with Gasteiger partial charge in [-0.05, 0) is 0 Å². The Kier molecular flexibility index (Phi) is 17.3. The maximum Gasteiger partial charge on any atom is 1.00 e. The quantitative estimate of drug-likeness (QED) is 0.232. The molecule has 0 unspecified atom stereocenters. The summed E-state index contributed by atoms with van der Waals surface area (Å²) in [7, 11) is -12.9. The SMILES string of the molecule is C1COCCOCCOCCOCCO1.O=S(=O)([CH-]S(=O)(=O)C(F)(F)F)C(F)(F)F.[Na+]. The number of rotatable bonds is 2. The van der Waals surface area contributed by atoms with Gasteiger partial charge < -0.3 is 23.7 Å². The molecule has 1 fully saturated rings. The van der Waals surface area contributed by atoms with Gasteiger partial charge in [0.25, 0.3) is 0 Å². The third-order valence-corrected chi connectivity index (χ3v) is 6.08. The molecule has 182 valence electrons. The van der Waals surface area contributed by atoms with Gasteiger partial charge in [-0.2, -0.15) is 26.3 Å². The third kappa shape index (κ3) is 15.7.